The Morgan fingerprint density at radius 3 is 2.18 bits per heavy atom. The van der Waals surface area contributed by atoms with Crippen molar-refractivity contribution < 1.29 is 35.1 Å². The molecule has 7 N–H and O–H groups in total. The summed E-state index contributed by atoms with van der Waals surface area (Å²) in [5.74, 6) is -2.56. The number of benzene rings is 1. The lowest BCUT2D eigenvalue weighted by Crippen LogP contribution is -2.52. The molecule has 1 aromatic rings. The maximum Gasteiger partial charge on any atom is 0.274 e. The van der Waals surface area contributed by atoms with Crippen LogP contribution in [0.3, 0.4) is 0 Å². The fourth-order valence-corrected chi connectivity index (χ4v) is 1.50. The summed E-state index contributed by atoms with van der Waals surface area (Å²) in [5.41, 5.74) is 4.98. The third-order valence-electron chi connectivity index (χ3n) is 2.82. The highest BCUT2D eigenvalue weighted by Crippen LogP contribution is 2.06. The number of para-hydroxylation sites is 1. The van der Waals surface area contributed by atoms with Crippen molar-refractivity contribution in [3.8, 4) is 0 Å². The summed E-state index contributed by atoms with van der Waals surface area (Å²) in [6, 6.07) is 8.35. The lowest BCUT2D eigenvalue weighted by atomic mass is 10.0. The molecule has 0 saturated heterocycles. The Balaban J connectivity index is 2.56. The molecule has 0 bridgehead atoms. The monoisotopic (exact) mass is 314 g/mol. The van der Waals surface area contributed by atoms with E-state index in [0.717, 1.165) is 0 Å². The van der Waals surface area contributed by atoms with Crippen molar-refractivity contribution in [2.24, 2.45) is 0 Å². The summed E-state index contributed by atoms with van der Waals surface area (Å²) in [7, 11) is 0. The van der Waals surface area contributed by atoms with E-state index in [-0.39, 0.29) is 0 Å². The fourth-order valence-electron chi connectivity index (χ4n) is 1.50. The van der Waals surface area contributed by atoms with Gasteiger partial charge in [-0.3, -0.25) is 20.4 Å². The summed E-state index contributed by atoms with van der Waals surface area (Å²) in [5, 5.41) is 46.1. The maximum atomic E-state index is 11.6. The van der Waals surface area contributed by atoms with Crippen LogP contribution < -0.4 is 10.9 Å². The van der Waals surface area contributed by atoms with Crippen LogP contribution in [-0.4, -0.2) is 68.2 Å². The Kier molecular flexibility index (Phi) is 6.89. The van der Waals surface area contributed by atoms with Crippen LogP contribution in [-0.2, 0) is 9.59 Å². The number of rotatable bonds is 8. The largest absolute Gasteiger partial charge is 0.394 e. The van der Waals surface area contributed by atoms with Gasteiger partial charge in [-0.1, -0.05) is 18.2 Å². The van der Waals surface area contributed by atoms with Gasteiger partial charge in [0.1, 0.15) is 18.3 Å². The fraction of sp³-hybridized carbons (Fsp3) is 0.385. The highest BCUT2D eigenvalue weighted by Gasteiger charge is 2.36. The number of aliphatic hydroxyl groups is 5. The third kappa shape index (κ3) is 4.76. The smallest absolute Gasteiger partial charge is 0.274 e. The first-order chi connectivity index (χ1) is 10.4. The second-order valence-corrected chi connectivity index (χ2v) is 4.47. The molecule has 0 aliphatic rings. The molecule has 0 aliphatic carbocycles. The van der Waals surface area contributed by atoms with Gasteiger partial charge < -0.3 is 25.5 Å². The SMILES string of the molecule is O=C(NNc1ccccc1)C(O)C(=O)C(O)C(O)C(O)CO. The van der Waals surface area contributed by atoms with Crippen molar-refractivity contribution >= 4 is 17.4 Å². The Bertz CT molecular complexity index is 496. The number of carbonyl (C=O) groups excluding carboxylic acids is 2. The number of aliphatic hydroxyl groups excluding tert-OH is 5. The van der Waals surface area contributed by atoms with Crippen LogP contribution in [0.2, 0.25) is 0 Å². The van der Waals surface area contributed by atoms with Crippen molar-refractivity contribution in [2.75, 3.05) is 12.0 Å². The van der Waals surface area contributed by atoms with E-state index < -0.39 is 42.7 Å². The van der Waals surface area contributed by atoms with Gasteiger partial charge in [0.2, 0.25) is 5.78 Å². The number of hydrazine groups is 1. The molecule has 0 radical (unpaired) electrons. The molecule has 0 spiro atoms. The molecule has 0 aromatic heterocycles. The quantitative estimate of drug-likeness (QED) is 0.199. The number of Topliss-reactive ketones (excluding diaryl/α,β-unsaturated/α-hetero) is 1. The van der Waals surface area contributed by atoms with Crippen molar-refractivity contribution in [1.29, 1.82) is 0 Å². The van der Waals surface area contributed by atoms with Crippen LogP contribution in [0.25, 0.3) is 0 Å². The van der Waals surface area contributed by atoms with Gasteiger partial charge in [0.25, 0.3) is 5.91 Å². The van der Waals surface area contributed by atoms with Crippen LogP contribution in [0.4, 0.5) is 5.69 Å². The van der Waals surface area contributed by atoms with Crippen LogP contribution in [0.15, 0.2) is 30.3 Å². The van der Waals surface area contributed by atoms with Gasteiger partial charge in [0, 0.05) is 0 Å². The maximum absolute atomic E-state index is 11.6. The van der Waals surface area contributed by atoms with Gasteiger partial charge in [-0.2, -0.15) is 0 Å². The summed E-state index contributed by atoms with van der Waals surface area (Å²) >= 11 is 0. The van der Waals surface area contributed by atoms with Gasteiger partial charge in [-0.25, -0.2) is 0 Å². The average molecular weight is 314 g/mol. The van der Waals surface area contributed by atoms with Crippen molar-refractivity contribution in [3.05, 3.63) is 30.3 Å². The number of hydrogen-bond acceptors (Lipinski definition) is 8. The van der Waals surface area contributed by atoms with Crippen molar-refractivity contribution in [3.63, 3.8) is 0 Å². The summed E-state index contributed by atoms with van der Waals surface area (Å²) < 4.78 is 0. The first-order valence-electron chi connectivity index (χ1n) is 6.36. The first kappa shape index (κ1) is 18.0. The molecule has 0 heterocycles. The molecule has 9 heteroatoms. The zero-order valence-electron chi connectivity index (χ0n) is 11.5. The standard InChI is InChI=1S/C13H18N2O7/c16-6-8(17)9(18)10(19)11(20)12(21)13(22)15-14-7-4-2-1-3-5-7/h1-5,8-10,12,14,16-19,21H,6H2,(H,15,22). The molecule has 1 aromatic carbocycles. The average Bonchev–Trinajstić information content (AvgIpc) is 2.56. The molecule has 4 unspecified atom stereocenters. The van der Waals surface area contributed by atoms with Crippen molar-refractivity contribution in [1.82, 2.24) is 5.43 Å². The number of amides is 1. The van der Waals surface area contributed by atoms with Crippen molar-refractivity contribution in [2.45, 2.75) is 24.4 Å². The molecule has 122 valence electrons. The van der Waals surface area contributed by atoms with Gasteiger partial charge in [-0.05, 0) is 12.1 Å². The van der Waals surface area contributed by atoms with E-state index in [2.05, 4.69) is 10.9 Å². The zero-order chi connectivity index (χ0) is 16.7. The van der Waals surface area contributed by atoms with E-state index in [4.69, 9.17) is 10.2 Å². The lowest BCUT2D eigenvalue weighted by molar-refractivity contribution is -0.153. The number of nitrogens with one attached hydrogen (secondary N) is 2. The van der Waals surface area contributed by atoms with E-state index in [9.17, 15) is 24.9 Å². The number of carbonyl (C=O) groups is 2. The molecular formula is C13H18N2O7. The summed E-state index contributed by atoms with van der Waals surface area (Å²) in [4.78, 5) is 23.2. The minimum Gasteiger partial charge on any atom is -0.394 e. The van der Waals surface area contributed by atoms with Crippen LogP contribution >= 0.6 is 0 Å². The van der Waals surface area contributed by atoms with E-state index in [1.807, 2.05) is 0 Å². The highest BCUT2D eigenvalue weighted by atomic mass is 16.4. The Labute approximate surface area is 125 Å². The second-order valence-electron chi connectivity index (χ2n) is 4.47. The molecule has 0 aliphatic heterocycles. The minimum absolute atomic E-state index is 0.492. The van der Waals surface area contributed by atoms with Gasteiger partial charge >= 0.3 is 0 Å². The van der Waals surface area contributed by atoms with E-state index >= 15 is 0 Å². The Morgan fingerprint density at radius 1 is 1.05 bits per heavy atom. The summed E-state index contributed by atoms with van der Waals surface area (Å²) in [6.07, 6.45) is -8.29. The Morgan fingerprint density at radius 2 is 1.64 bits per heavy atom. The molecule has 22 heavy (non-hydrogen) atoms. The number of hydrogen-bond donors (Lipinski definition) is 7. The summed E-state index contributed by atoms with van der Waals surface area (Å²) in [6.45, 7) is -0.899. The molecule has 0 saturated carbocycles. The zero-order valence-corrected chi connectivity index (χ0v) is 11.5. The number of anilines is 1. The van der Waals surface area contributed by atoms with Gasteiger partial charge in [0.15, 0.2) is 6.10 Å². The predicted octanol–water partition coefficient (Wildman–Crippen LogP) is -2.87. The van der Waals surface area contributed by atoms with E-state index in [1.165, 1.54) is 0 Å². The first-order valence-corrected chi connectivity index (χ1v) is 6.36. The van der Waals surface area contributed by atoms with Gasteiger partial charge in [0.05, 0.1) is 12.3 Å². The second kappa shape index (κ2) is 8.41. The normalized spacial score (nSPS) is 16.2. The van der Waals surface area contributed by atoms with Crippen LogP contribution in [0.1, 0.15) is 0 Å². The van der Waals surface area contributed by atoms with Gasteiger partial charge in [-0.15, -0.1) is 0 Å². The third-order valence-corrected chi connectivity index (χ3v) is 2.82. The molecule has 9 nitrogen and oxygen atoms in total. The molecule has 0 fully saturated rings. The molecular weight excluding hydrogens is 296 g/mol. The highest BCUT2D eigenvalue weighted by molar-refractivity contribution is 6.06. The Hall–Kier alpha value is -2.04. The predicted molar refractivity (Wildman–Crippen MR) is 74.3 cm³/mol. The minimum atomic E-state index is -2.26. The van der Waals surface area contributed by atoms with Crippen LogP contribution in [0, 0.1) is 0 Å². The van der Waals surface area contributed by atoms with E-state index in [0.29, 0.717) is 5.69 Å². The molecule has 1 amide bonds. The topological polar surface area (TPSA) is 159 Å². The van der Waals surface area contributed by atoms with E-state index in [1.54, 1.807) is 30.3 Å². The molecule has 4 atom stereocenters. The van der Waals surface area contributed by atoms with Crippen LogP contribution in [0.5, 0.6) is 0 Å². The molecule has 1 rings (SSSR count). The number of ketones is 1. The lowest BCUT2D eigenvalue weighted by Gasteiger charge is -2.22.